The Kier molecular flexibility index (Phi) is 5.43. The summed E-state index contributed by atoms with van der Waals surface area (Å²) in [6, 6.07) is 20.6. The van der Waals surface area contributed by atoms with Crippen molar-refractivity contribution in [3.05, 3.63) is 101 Å². The molecule has 0 spiro atoms. The Morgan fingerprint density at radius 1 is 0.812 bits per heavy atom. The highest BCUT2D eigenvalue weighted by Crippen LogP contribution is 2.35. The second-order valence-corrected chi connectivity index (χ2v) is 8.94. The first kappa shape index (κ1) is 21.5. The van der Waals surface area contributed by atoms with Crippen molar-refractivity contribution in [2.45, 2.75) is 33.1 Å². The van der Waals surface area contributed by atoms with Gasteiger partial charge in [0.05, 0.1) is 11.3 Å². The van der Waals surface area contributed by atoms with Gasteiger partial charge >= 0.3 is 0 Å². The van der Waals surface area contributed by atoms with E-state index in [1.807, 2.05) is 43.3 Å². The molecule has 162 valence electrons. The normalized spacial score (nSPS) is 14.3. The SMILES string of the molecule is Cc1ccccc1NC1=C(c2ccc(F)cc2)C(=O)N(c2ccc(C(C)(C)C)cc2)C1=O. The number of carbonyl (C=O) groups is 2. The van der Waals surface area contributed by atoms with Crippen LogP contribution in [0.5, 0.6) is 0 Å². The van der Waals surface area contributed by atoms with Gasteiger partial charge in [-0.15, -0.1) is 0 Å². The van der Waals surface area contributed by atoms with Gasteiger partial charge in [0.1, 0.15) is 11.5 Å². The standard InChI is InChI=1S/C27H25FN2O2/c1-17-7-5-6-8-22(17)29-24-23(18-9-13-20(28)14-10-18)25(31)30(26(24)32)21-15-11-19(12-16-21)27(2,3)4/h5-16,29H,1-4H3. The number of carbonyl (C=O) groups excluding carboxylic acids is 2. The molecular weight excluding hydrogens is 403 g/mol. The molecule has 0 bridgehead atoms. The lowest BCUT2D eigenvalue weighted by atomic mass is 9.87. The van der Waals surface area contributed by atoms with Crippen molar-refractivity contribution in [1.82, 2.24) is 0 Å². The monoisotopic (exact) mass is 428 g/mol. The Balaban J connectivity index is 1.79. The van der Waals surface area contributed by atoms with Gasteiger partial charge in [0.15, 0.2) is 0 Å². The van der Waals surface area contributed by atoms with Gasteiger partial charge < -0.3 is 5.32 Å². The molecule has 4 nitrogen and oxygen atoms in total. The van der Waals surface area contributed by atoms with Crippen molar-refractivity contribution in [2.24, 2.45) is 0 Å². The number of hydrogen-bond acceptors (Lipinski definition) is 3. The molecule has 0 atom stereocenters. The van der Waals surface area contributed by atoms with Crippen molar-refractivity contribution in [1.29, 1.82) is 0 Å². The summed E-state index contributed by atoms with van der Waals surface area (Å²) in [7, 11) is 0. The second-order valence-electron chi connectivity index (χ2n) is 8.94. The van der Waals surface area contributed by atoms with Crippen LogP contribution in [-0.4, -0.2) is 11.8 Å². The highest BCUT2D eigenvalue weighted by atomic mass is 19.1. The zero-order valence-corrected chi connectivity index (χ0v) is 18.6. The van der Waals surface area contributed by atoms with Gasteiger partial charge in [-0.3, -0.25) is 9.59 Å². The van der Waals surface area contributed by atoms with Crippen molar-refractivity contribution < 1.29 is 14.0 Å². The van der Waals surface area contributed by atoms with Crippen molar-refractivity contribution in [2.75, 3.05) is 10.2 Å². The van der Waals surface area contributed by atoms with Crippen LogP contribution in [0.15, 0.2) is 78.5 Å². The molecule has 1 N–H and O–H groups in total. The summed E-state index contributed by atoms with van der Waals surface area (Å²) < 4.78 is 13.5. The predicted octanol–water partition coefficient (Wildman–Crippen LogP) is 5.83. The summed E-state index contributed by atoms with van der Waals surface area (Å²) in [6.45, 7) is 8.23. The summed E-state index contributed by atoms with van der Waals surface area (Å²) in [6.07, 6.45) is 0. The smallest absolute Gasteiger partial charge is 0.282 e. The second kappa shape index (κ2) is 8.08. The topological polar surface area (TPSA) is 49.4 Å². The zero-order chi connectivity index (χ0) is 23.0. The molecule has 5 heteroatoms. The lowest BCUT2D eigenvalue weighted by Gasteiger charge is -2.21. The van der Waals surface area contributed by atoms with Gasteiger partial charge in [0.2, 0.25) is 0 Å². The fourth-order valence-electron chi connectivity index (χ4n) is 3.72. The molecule has 1 aliphatic heterocycles. The quantitative estimate of drug-likeness (QED) is 0.532. The Morgan fingerprint density at radius 2 is 1.44 bits per heavy atom. The van der Waals surface area contributed by atoms with E-state index in [0.29, 0.717) is 11.3 Å². The van der Waals surface area contributed by atoms with Crippen molar-refractivity contribution in [3.8, 4) is 0 Å². The number of nitrogens with one attached hydrogen (secondary N) is 1. The fourth-order valence-corrected chi connectivity index (χ4v) is 3.72. The molecule has 0 saturated carbocycles. The van der Waals surface area contributed by atoms with E-state index >= 15 is 0 Å². The van der Waals surface area contributed by atoms with E-state index in [4.69, 9.17) is 0 Å². The number of anilines is 2. The Morgan fingerprint density at radius 3 is 2.03 bits per heavy atom. The third kappa shape index (κ3) is 3.94. The first-order valence-electron chi connectivity index (χ1n) is 10.5. The van der Waals surface area contributed by atoms with Crippen LogP contribution in [0.2, 0.25) is 0 Å². The zero-order valence-electron chi connectivity index (χ0n) is 18.6. The summed E-state index contributed by atoms with van der Waals surface area (Å²) in [5, 5.41) is 3.16. The number of nitrogens with zero attached hydrogens (tertiary/aromatic N) is 1. The van der Waals surface area contributed by atoms with Gasteiger partial charge in [0.25, 0.3) is 11.8 Å². The van der Waals surface area contributed by atoms with E-state index in [2.05, 4.69) is 26.1 Å². The van der Waals surface area contributed by atoms with Crippen LogP contribution in [0.3, 0.4) is 0 Å². The van der Waals surface area contributed by atoms with E-state index in [1.54, 1.807) is 12.1 Å². The van der Waals surface area contributed by atoms with Gasteiger partial charge in [0, 0.05) is 5.69 Å². The number of hydrogen-bond donors (Lipinski definition) is 1. The maximum absolute atomic E-state index is 13.5. The molecule has 0 saturated heterocycles. The van der Waals surface area contributed by atoms with Gasteiger partial charge in [-0.05, 0) is 59.4 Å². The molecule has 0 radical (unpaired) electrons. The Hall–Kier alpha value is -3.73. The molecule has 0 unspecified atom stereocenters. The summed E-state index contributed by atoms with van der Waals surface area (Å²) in [4.78, 5) is 28.1. The Labute approximate surface area is 187 Å². The van der Waals surface area contributed by atoms with Crippen LogP contribution in [0, 0.1) is 12.7 Å². The van der Waals surface area contributed by atoms with Gasteiger partial charge in [-0.1, -0.05) is 63.2 Å². The number of imide groups is 1. The molecule has 3 aromatic carbocycles. The van der Waals surface area contributed by atoms with Crippen LogP contribution in [0.25, 0.3) is 5.57 Å². The van der Waals surface area contributed by atoms with E-state index < -0.39 is 17.6 Å². The van der Waals surface area contributed by atoms with Crippen molar-refractivity contribution >= 4 is 28.8 Å². The average Bonchev–Trinajstić information content (AvgIpc) is 2.99. The van der Waals surface area contributed by atoms with E-state index in [9.17, 15) is 14.0 Å². The summed E-state index contributed by atoms with van der Waals surface area (Å²) >= 11 is 0. The average molecular weight is 429 g/mol. The lowest BCUT2D eigenvalue weighted by Crippen LogP contribution is -2.32. The largest absolute Gasteiger partial charge is 0.350 e. The molecule has 32 heavy (non-hydrogen) atoms. The highest BCUT2D eigenvalue weighted by molar-refractivity contribution is 6.46. The van der Waals surface area contributed by atoms with Crippen LogP contribution in [0.4, 0.5) is 15.8 Å². The molecular formula is C27H25FN2O2. The molecule has 0 fully saturated rings. The molecule has 0 aromatic heterocycles. The number of para-hydroxylation sites is 1. The van der Waals surface area contributed by atoms with Crippen LogP contribution >= 0.6 is 0 Å². The number of benzene rings is 3. The maximum Gasteiger partial charge on any atom is 0.282 e. The van der Waals surface area contributed by atoms with Gasteiger partial charge in [-0.25, -0.2) is 9.29 Å². The molecule has 2 amide bonds. The van der Waals surface area contributed by atoms with Crippen LogP contribution in [-0.2, 0) is 15.0 Å². The van der Waals surface area contributed by atoms with Crippen LogP contribution < -0.4 is 10.2 Å². The highest BCUT2D eigenvalue weighted by Gasteiger charge is 2.40. The number of aryl methyl sites for hydroxylation is 1. The first-order chi connectivity index (χ1) is 15.2. The Bertz CT molecular complexity index is 1220. The lowest BCUT2D eigenvalue weighted by molar-refractivity contribution is -0.120. The van der Waals surface area contributed by atoms with E-state index in [-0.39, 0.29) is 16.7 Å². The summed E-state index contributed by atoms with van der Waals surface area (Å²) in [5.74, 6) is -1.29. The minimum Gasteiger partial charge on any atom is -0.350 e. The van der Waals surface area contributed by atoms with E-state index in [1.165, 1.54) is 29.2 Å². The first-order valence-corrected chi connectivity index (χ1v) is 10.5. The molecule has 1 aliphatic rings. The van der Waals surface area contributed by atoms with Crippen LogP contribution in [0.1, 0.15) is 37.5 Å². The number of amides is 2. The minimum atomic E-state index is -0.443. The molecule has 0 aliphatic carbocycles. The van der Waals surface area contributed by atoms with Gasteiger partial charge in [-0.2, -0.15) is 0 Å². The summed E-state index contributed by atoms with van der Waals surface area (Å²) in [5.41, 5.74) is 4.09. The molecule has 1 heterocycles. The molecule has 3 aromatic rings. The third-order valence-electron chi connectivity index (χ3n) is 5.61. The predicted molar refractivity (Wildman–Crippen MR) is 126 cm³/mol. The number of rotatable bonds is 4. The minimum absolute atomic E-state index is 0.0490. The fraction of sp³-hybridized carbons (Fsp3) is 0.185. The van der Waals surface area contributed by atoms with Crippen molar-refractivity contribution in [3.63, 3.8) is 0 Å². The maximum atomic E-state index is 13.5. The van der Waals surface area contributed by atoms with E-state index in [0.717, 1.165) is 16.8 Å². The molecule has 4 rings (SSSR count). The number of halogens is 1. The third-order valence-corrected chi connectivity index (χ3v) is 5.61.